The maximum absolute atomic E-state index is 11.7. The van der Waals surface area contributed by atoms with Gasteiger partial charge in [-0.15, -0.1) is 0 Å². The van der Waals surface area contributed by atoms with Crippen molar-refractivity contribution in [3.8, 4) is 0 Å². The van der Waals surface area contributed by atoms with Crippen molar-refractivity contribution in [2.75, 3.05) is 14.2 Å². The summed E-state index contributed by atoms with van der Waals surface area (Å²) in [6.45, 7) is 0. The Hall–Kier alpha value is -1.48. The zero-order valence-corrected chi connectivity index (χ0v) is 10.1. The summed E-state index contributed by atoms with van der Waals surface area (Å²) in [6.07, 6.45) is 0. The molecule has 1 rings (SSSR count). The summed E-state index contributed by atoms with van der Waals surface area (Å²) in [6, 6.07) is 5.25. The minimum Gasteiger partial charge on any atom is -0.264 e. The van der Waals surface area contributed by atoms with Crippen molar-refractivity contribution in [2.45, 2.75) is 4.90 Å². The summed E-state index contributed by atoms with van der Waals surface area (Å²) in [4.78, 5) is 20.8. The van der Waals surface area contributed by atoms with Crippen LogP contribution in [-0.4, -0.2) is 33.8 Å². The van der Waals surface area contributed by atoms with E-state index >= 15 is 0 Å². The van der Waals surface area contributed by atoms with Crippen molar-refractivity contribution in [1.82, 2.24) is 5.23 Å². The van der Waals surface area contributed by atoms with Crippen LogP contribution in [0.2, 0.25) is 0 Å². The summed E-state index contributed by atoms with van der Waals surface area (Å²) < 4.78 is 22.2. The molecule has 0 atom stereocenters. The number of primary sulfonamides is 1. The van der Waals surface area contributed by atoms with Crippen LogP contribution in [0.1, 0.15) is 10.4 Å². The first-order valence-corrected chi connectivity index (χ1v) is 6.00. The first-order valence-electron chi connectivity index (χ1n) is 4.45. The standard InChI is InChI=1S/C9H12N2O5S/c1-15-11(16-2)9(12)7-4-3-5-8(6-7)17(10,13)14/h3-6H,1-2H3,(H2,10,13,14). The second-order valence-electron chi connectivity index (χ2n) is 3.00. The van der Waals surface area contributed by atoms with Crippen LogP contribution in [0.5, 0.6) is 0 Å². The van der Waals surface area contributed by atoms with Gasteiger partial charge in [-0.05, 0) is 18.2 Å². The molecule has 0 fully saturated rings. The molecule has 1 aromatic rings. The third-order valence-electron chi connectivity index (χ3n) is 1.91. The van der Waals surface area contributed by atoms with E-state index < -0.39 is 15.9 Å². The highest BCUT2D eigenvalue weighted by molar-refractivity contribution is 7.89. The smallest absolute Gasteiger partial charge is 0.264 e. The number of hydrogen-bond acceptors (Lipinski definition) is 5. The van der Waals surface area contributed by atoms with Crippen molar-refractivity contribution in [3.63, 3.8) is 0 Å². The van der Waals surface area contributed by atoms with Crippen molar-refractivity contribution in [3.05, 3.63) is 29.8 Å². The lowest BCUT2D eigenvalue weighted by Crippen LogP contribution is -2.29. The van der Waals surface area contributed by atoms with Crippen LogP contribution in [0.4, 0.5) is 0 Å². The number of hydroxylamine groups is 2. The Morgan fingerprint density at radius 3 is 2.35 bits per heavy atom. The highest BCUT2D eigenvalue weighted by Crippen LogP contribution is 2.12. The average Bonchev–Trinajstić information content (AvgIpc) is 2.29. The van der Waals surface area contributed by atoms with Gasteiger partial charge in [0.15, 0.2) is 0 Å². The lowest BCUT2D eigenvalue weighted by Gasteiger charge is -2.15. The van der Waals surface area contributed by atoms with Gasteiger partial charge in [0.25, 0.3) is 0 Å². The Morgan fingerprint density at radius 2 is 1.88 bits per heavy atom. The molecular formula is C9H12N2O5S. The molecule has 17 heavy (non-hydrogen) atoms. The van der Waals surface area contributed by atoms with Crippen molar-refractivity contribution < 1.29 is 22.9 Å². The number of sulfonamides is 1. The molecule has 1 aromatic carbocycles. The van der Waals surface area contributed by atoms with E-state index in [0.717, 1.165) is 6.07 Å². The fourth-order valence-corrected chi connectivity index (χ4v) is 1.71. The molecule has 0 aliphatic carbocycles. The molecule has 0 aliphatic heterocycles. The fraction of sp³-hybridized carbons (Fsp3) is 0.222. The molecular weight excluding hydrogens is 248 g/mol. The molecule has 0 saturated heterocycles. The lowest BCUT2D eigenvalue weighted by molar-refractivity contribution is -0.299. The van der Waals surface area contributed by atoms with E-state index in [0.29, 0.717) is 5.23 Å². The first-order chi connectivity index (χ1) is 7.90. The number of rotatable bonds is 4. The normalized spacial score (nSPS) is 11.2. The molecule has 8 heteroatoms. The Labute approximate surface area is 98.7 Å². The second kappa shape index (κ2) is 5.23. The van der Waals surface area contributed by atoms with E-state index in [9.17, 15) is 13.2 Å². The molecule has 0 bridgehead atoms. The summed E-state index contributed by atoms with van der Waals surface area (Å²) in [5.74, 6) is -0.638. The van der Waals surface area contributed by atoms with E-state index in [4.69, 9.17) is 5.14 Å². The van der Waals surface area contributed by atoms with Gasteiger partial charge < -0.3 is 0 Å². The maximum Gasteiger partial charge on any atom is 0.303 e. The number of benzene rings is 1. The Kier molecular flexibility index (Phi) is 4.18. The summed E-state index contributed by atoms with van der Waals surface area (Å²) in [7, 11) is -1.37. The molecule has 0 heterocycles. The quantitative estimate of drug-likeness (QED) is 0.762. The molecule has 1 amide bonds. The van der Waals surface area contributed by atoms with E-state index in [1.165, 1.54) is 32.4 Å². The molecule has 7 nitrogen and oxygen atoms in total. The van der Waals surface area contributed by atoms with Gasteiger partial charge in [0.05, 0.1) is 19.1 Å². The van der Waals surface area contributed by atoms with Crippen LogP contribution in [0.25, 0.3) is 0 Å². The van der Waals surface area contributed by atoms with Crippen molar-refractivity contribution >= 4 is 15.9 Å². The molecule has 0 radical (unpaired) electrons. The zero-order valence-electron chi connectivity index (χ0n) is 9.28. The lowest BCUT2D eigenvalue weighted by atomic mass is 10.2. The number of nitrogens with zero attached hydrogens (tertiary/aromatic N) is 1. The number of carbonyl (C=O) groups excluding carboxylic acids is 1. The number of hydrogen-bond donors (Lipinski definition) is 1. The summed E-state index contributed by atoms with van der Waals surface area (Å²) in [5, 5.41) is 5.57. The molecule has 2 N–H and O–H groups in total. The highest BCUT2D eigenvalue weighted by Gasteiger charge is 2.17. The predicted octanol–water partition coefficient (Wildman–Crippen LogP) is -0.101. The predicted molar refractivity (Wildman–Crippen MR) is 58.0 cm³/mol. The van der Waals surface area contributed by atoms with E-state index in [1.54, 1.807) is 0 Å². The Morgan fingerprint density at radius 1 is 1.29 bits per heavy atom. The molecule has 94 valence electrons. The van der Waals surface area contributed by atoms with Gasteiger partial charge in [-0.1, -0.05) is 11.3 Å². The fourth-order valence-electron chi connectivity index (χ4n) is 1.15. The minimum atomic E-state index is -3.85. The zero-order chi connectivity index (χ0) is 13.1. The molecule has 0 aromatic heterocycles. The van der Waals surface area contributed by atoms with Gasteiger partial charge in [-0.3, -0.25) is 4.79 Å². The third-order valence-corrected chi connectivity index (χ3v) is 2.82. The molecule has 0 unspecified atom stereocenters. The number of amides is 1. The third kappa shape index (κ3) is 3.24. The van der Waals surface area contributed by atoms with Crippen molar-refractivity contribution in [2.24, 2.45) is 5.14 Å². The highest BCUT2D eigenvalue weighted by atomic mass is 32.2. The minimum absolute atomic E-state index is 0.0835. The van der Waals surface area contributed by atoms with Gasteiger partial charge in [0.1, 0.15) is 0 Å². The summed E-state index contributed by atoms with van der Waals surface area (Å²) in [5.41, 5.74) is 0.0835. The maximum atomic E-state index is 11.7. The van der Waals surface area contributed by atoms with Crippen LogP contribution in [0.3, 0.4) is 0 Å². The number of carbonyl (C=O) groups is 1. The van der Waals surface area contributed by atoms with Gasteiger partial charge in [-0.2, -0.15) is 0 Å². The largest absolute Gasteiger partial charge is 0.303 e. The number of nitrogens with two attached hydrogens (primary N) is 1. The molecule has 0 saturated carbocycles. The van der Waals surface area contributed by atoms with Crippen LogP contribution >= 0.6 is 0 Å². The SMILES string of the molecule is CON(OC)C(=O)c1cccc(S(N)(=O)=O)c1. The van der Waals surface area contributed by atoms with E-state index in [2.05, 4.69) is 9.68 Å². The van der Waals surface area contributed by atoms with E-state index in [1.807, 2.05) is 0 Å². The second-order valence-corrected chi connectivity index (χ2v) is 4.56. The van der Waals surface area contributed by atoms with Crippen LogP contribution in [0, 0.1) is 0 Å². The van der Waals surface area contributed by atoms with Gasteiger partial charge in [0.2, 0.25) is 10.0 Å². The van der Waals surface area contributed by atoms with Crippen LogP contribution in [-0.2, 0) is 19.7 Å². The van der Waals surface area contributed by atoms with Gasteiger partial charge in [0, 0.05) is 5.56 Å². The monoisotopic (exact) mass is 260 g/mol. The molecule has 0 spiro atoms. The van der Waals surface area contributed by atoms with Crippen LogP contribution < -0.4 is 5.14 Å². The first kappa shape index (κ1) is 13.6. The average molecular weight is 260 g/mol. The van der Waals surface area contributed by atoms with Crippen LogP contribution in [0.15, 0.2) is 29.2 Å². The molecule has 0 aliphatic rings. The summed E-state index contributed by atoms with van der Waals surface area (Å²) >= 11 is 0. The Bertz CT molecular complexity index is 510. The van der Waals surface area contributed by atoms with Crippen molar-refractivity contribution in [1.29, 1.82) is 0 Å². The van der Waals surface area contributed by atoms with Gasteiger partial charge in [-0.25, -0.2) is 23.2 Å². The van der Waals surface area contributed by atoms with E-state index in [-0.39, 0.29) is 10.5 Å². The van der Waals surface area contributed by atoms with Gasteiger partial charge >= 0.3 is 5.91 Å². The Balaban J connectivity index is 3.12. The topological polar surface area (TPSA) is 98.9 Å².